The Hall–Kier alpha value is -1.59. The predicted molar refractivity (Wildman–Crippen MR) is 70.5 cm³/mol. The fourth-order valence-electron chi connectivity index (χ4n) is 1.80. The third kappa shape index (κ3) is 3.45. The van der Waals surface area contributed by atoms with Gasteiger partial charge in [-0.1, -0.05) is 0 Å². The van der Waals surface area contributed by atoms with Crippen LogP contribution >= 0.6 is 0 Å². The van der Waals surface area contributed by atoms with Gasteiger partial charge in [0.05, 0.1) is 7.11 Å². The summed E-state index contributed by atoms with van der Waals surface area (Å²) in [7, 11) is 1.56. The first-order valence-electron chi connectivity index (χ1n) is 5.76. The molecule has 4 N–H and O–H groups in total. The van der Waals surface area contributed by atoms with Crippen molar-refractivity contribution in [3.05, 3.63) is 23.8 Å². The maximum absolute atomic E-state index is 11.0. The molecular weight excluding hydrogens is 232 g/mol. The first-order chi connectivity index (χ1) is 8.40. The first-order valence-corrected chi connectivity index (χ1v) is 5.76. The monoisotopic (exact) mass is 252 g/mol. The zero-order valence-corrected chi connectivity index (χ0v) is 11.0. The van der Waals surface area contributed by atoms with E-state index in [9.17, 15) is 4.79 Å². The van der Waals surface area contributed by atoms with E-state index in [-0.39, 0.29) is 12.5 Å². The van der Waals surface area contributed by atoms with E-state index in [2.05, 4.69) is 5.32 Å². The number of amides is 1. The highest BCUT2D eigenvalue weighted by molar-refractivity contribution is 5.88. The summed E-state index contributed by atoms with van der Waals surface area (Å²) in [5.41, 5.74) is 6.87. The maximum atomic E-state index is 11.0. The lowest BCUT2D eigenvalue weighted by molar-refractivity contribution is -0.114. The molecule has 1 amide bonds. The van der Waals surface area contributed by atoms with Crippen molar-refractivity contribution in [1.82, 2.24) is 0 Å². The molecule has 5 nitrogen and oxygen atoms in total. The molecule has 1 unspecified atom stereocenters. The van der Waals surface area contributed by atoms with Gasteiger partial charge in [-0.05, 0) is 31.5 Å². The molecule has 0 aliphatic carbocycles. The van der Waals surface area contributed by atoms with Crippen LogP contribution in [0.1, 0.15) is 25.8 Å². The van der Waals surface area contributed by atoms with Crippen molar-refractivity contribution in [2.24, 2.45) is 5.73 Å². The van der Waals surface area contributed by atoms with Gasteiger partial charge in [0.2, 0.25) is 5.91 Å². The Morgan fingerprint density at radius 3 is 2.72 bits per heavy atom. The standard InChI is InChI=1S/C13H20N2O3/c1-9(17)15-10-4-5-12(18-3)11(8-10)13(2,14)6-7-16/h4-5,8,16H,6-7,14H2,1-3H3,(H,15,17). The van der Waals surface area contributed by atoms with Crippen LogP contribution in [0.25, 0.3) is 0 Å². The molecule has 1 aromatic carbocycles. The number of benzene rings is 1. The van der Waals surface area contributed by atoms with Crippen LogP contribution in [0.4, 0.5) is 5.69 Å². The van der Waals surface area contributed by atoms with Crippen LogP contribution in [0.5, 0.6) is 5.75 Å². The third-order valence-corrected chi connectivity index (χ3v) is 2.77. The molecule has 0 aliphatic rings. The van der Waals surface area contributed by atoms with Crippen molar-refractivity contribution in [2.45, 2.75) is 25.8 Å². The number of ether oxygens (including phenoxy) is 1. The lowest BCUT2D eigenvalue weighted by Gasteiger charge is -2.27. The second-order valence-electron chi connectivity index (χ2n) is 4.49. The summed E-state index contributed by atoms with van der Waals surface area (Å²) in [6.45, 7) is 3.25. The van der Waals surface area contributed by atoms with E-state index in [0.717, 1.165) is 5.56 Å². The van der Waals surface area contributed by atoms with Crippen LogP contribution in [-0.2, 0) is 10.3 Å². The number of aliphatic hydroxyl groups is 1. The van der Waals surface area contributed by atoms with Crippen molar-refractivity contribution in [1.29, 1.82) is 0 Å². The minimum Gasteiger partial charge on any atom is -0.496 e. The van der Waals surface area contributed by atoms with E-state index in [1.165, 1.54) is 6.92 Å². The zero-order chi connectivity index (χ0) is 13.8. The van der Waals surface area contributed by atoms with Crippen LogP contribution < -0.4 is 15.8 Å². The van der Waals surface area contributed by atoms with Crippen LogP contribution in [0, 0.1) is 0 Å². The number of nitrogens with one attached hydrogen (secondary N) is 1. The maximum Gasteiger partial charge on any atom is 0.221 e. The molecule has 0 fully saturated rings. The van der Waals surface area contributed by atoms with Crippen LogP contribution in [-0.4, -0.2) is 24.7 Å². The smallest absolute Gasteiger partial charge is 0.221 e. The number of hydrogen-bond acceptors (Lipinski definition) is 4. The van der Waals surface area contributed by atoms with Crippen molar-refractivity contribution in [2.75, 3.05) is 19.0 Å². The molecule has 0 aliphatic heterocycles. The van der Waals surface area contributed by atoms with Crippen LogP contribution in [0.3, 0.4) is 0 Å². The van der Waals surface area contributed by atoms with E-state index < -0.39 is 5.54 Å². The van der Waals surface area contributed by atoms with Crippen molar-refractivity contribution in [3.63, 3.8) is 0 Å². The Bertz CT molecular complexity index is 430. The number of carbonyl (C=O) groups excluding carboxylic acids is 1. The Kier molecular flexibility index (Phi) is 4.69. The van der Waals surface area contributed by atoms with Crippen molar-refractivity contribution < 1.29 is 14.6 Å². The first kappa shape index (κ1) is 14.5. The summed E-state index contributed by atoms with van der Waals surface area (Å²) in [4.78, 5) is 11.0. The second-order valence-corrected chi connectivity index (χ2v) is 4.49. The SMILES string of the molecule is COc1ccc(NC(C)=O)cc1C(C)(N)CCO. The molecule has 1 rings (SSSR count). The van der Waals surface area contributed by atoms with E-state index >= 15 is 0 Å². The summed E-state index contributed by atoms with van der Waals surface area (Å²) in [5.74, 6) is 0.495. The predicted octanol–water partition coefficient (Wildman–Crippen LogP) is 1.21. The van der Waals surface area contributed by atoms with Crippen LogP contribution in [0.2, 0.25) is 0 Å². The van der Waals surface area contributed by atoms with Crippen molar-refractivity contribution >= 4 is 11.6 Å². The molecule has 0 bridgehead atoms. The summed E-state index contributed by atoms with van der Waals surface area (Å²) in [5, 5.41) is 11.7. The number of anilines is 1. The molecule has 0 radical (unpaired) electrons. The molecule has 5 heteroatoms. The fourth-order valence-corrected chi connectivity index (χ4v) is 1.80. The summed E-state index contributed by atoms with van der Waals surface area (Å²) < 4.78 is 5.26. The molecule has 0 aromatic heterocycles. The average molecular weight is 252 g/mol. The number of nitrogens with two attached hydrogens (primary N) is 1. The molecule has 18 heavy (non-hydrogen) atoms. The number of rotatable bonds is 5. The topological polar surface area (TPSA) is 84.6 Å². The molecular formula is C13H20N2O3. The number of carbonyl (C=O) groups is 1. The van der Waals surface area contributed by atoms with Gasteiger partial charge in [0.15, 0.2) is 0 Å². The van der Waals surface area contributed by atoms with E-state index in [0.29, 0.717) is 17.9 Å². The lowest BCUT2D eigenvalue weighted by Crippen LogP contribution is -2.34. The highest BCUT2D eigenvalue weighted by Crippen LogP contribution is 2.32. The molecule has 0 heterocycles. The highest BCUT2D eigenvalue weighted by atomic mass is 16.5. The fraction of sp³-hybridized carbons (Fsp3) is 0.462. The molecule has 1 atom stereocenters. The zero-order valence-electron chi connectivity index (χ0n) is 11.0. The number of aliphatic hydroxyl groups excluding tert-OH is 1. The minimum atomic E-state index is -0.714. The van der Waals surface area contributed by atoms with Gasteiger partial charge >= 0.3 is 0 Å². The summed E-state index contributed by atoms with van der Waals surface area (Å²) in [6, 6.07) is 5.28. The number of hydrogen-bond donors (Lipinski definition) is 3. The van der Waals surface area contributed by atoms with Crippen LogP contribution in [0.15, 0.2) is 18.2 Å². The van der Waals surface area contributed by atoms with Gasteiger partial charge < -0.3 is 20.9 Å². The van der Waals surface area contributed by atoms with Gasteiger partial charge in [-0.3, -0.25) is 4.79 Å². The Balaban J connectivity index is 3.17. The third-order valence-electron chi connectivity index (χ3n) is 2.77. The molecule has 100 valence electrons. The van der Waals surface area contributed by atoms with Crippen molar-refractivity contribution in [3.8, 4) is 5.75 Å². The van der Waals surface area contributed by atoms with Gasteiger partial charge in [-0.15, -0.1) is 0 Å². The van der Waals surface area contributed by atoms with E-state index in [4.69, 9.17) is 15.6 Å². The highest BCUT2D eigenvalue weighted by Gasteiger charge is 2.25. The summed E-state index contributed by atoms with van der Waals surface area (Å²) in [6.07, 6.45) is 0.410. The van der Waals surface area contributed by atoms with Gasteiger partial charge in [-0.25, -0.2) is 0 Å². The normalized spacial score (nSPS) is 13.8. The second kappa shape index (κ2) is 5.84. The Morgan fingerprint density at radius 1 is 1.56 bits per heavy atom. The lowest BCUT2D eigenvalue weighted by atomic mass is 9.89. The Morgan fingerprint density at radius 2 is 2.22 bits per heavy atom. The molecule has 1 aromatic rings. The largest absolute Gasteiger partial charge is 0.496 e. The van der Waals surface area contributed by atoms with Gasteiger partial charge in [0, 0.05) is 30.3 Å². The van der Waals surface area contributed by atoms with E-state index in [1.54, 1.807) is 25.3 Å². The van der Waals surface area contributed by atoms with Gasteiger partial charge in [0.1, 0.15) is 5.75 Å². The van der Waals surface area contributed by atoms with E-state index in [1.807, 2.05) is 6.92 Å². The molecule has 0 saturated heterocycles. The molecule has 0 spiro atoms. The minimum absolute atomic E-state index is 0.0134. The average Bonchev–Trinajstić information content (AvgIpc) is 2.28. The summed E-state index contributed by atoms with van der Waals surface area (Å²) >= 11 is 0. The van der Waals surface area contributed by atoms with Gasteiger partial charge in [0.25, 0.3) is 0 Å². The number of methoxy groups -OCH3 is 1. The Labute approximate surface area is 107 Å². The molecule has 0 saturated carbocycles. The van der Waals surface area contributed by atoms with Gasteiger partial charge in [-0.2, -0.15) is 0 Å². The quantitative estimate of drug-likeness (QED) is 0.735.